The van der Waals surface area contributed by atoms with Gasteiger partial charge in [-0.2, -0.15) is 21.0 Å². The highest BCUT2D eigenvalue weighted by Gasteiger charge is 1.89. The van der Waals surface area contributed by atoms with Gasteiger partial charge >= 0.3 is 0 Å². The fourth-order valence-electron chi connectivity index (χ4n) is 3.21. The van der Waals surface area contributed by atoms with E-state index in [0.29, 0.717) is 25.7 Å². The van der Waals surface area contributed by atoms with Gasteiger partial charge in [-0.1, -0.05) is 121 Å². The Bertz CT molecular complexity index is 1060. The largest absolute Gasteiger partial charge is 0.198 e. The van der Waals surface area contributed by atoms with Gasteiger partial charge in [0.15, 0.2) is 0 Å². The fraction of sp³-hybridized carbons (Fsp3) is 0.545. The molecule has 0 radical (unpaired) electrons. The molecular weight excluding hydrogens is 585 g/mol. The molecule has 4 heteroatoms. The zero-order valence-electron chi connectivity index (χ0n) is 32.9. The van der Waals surface area contributed by atoms with Crippen molar-refractivity contribution < 1.29 is 0 Å². The Balaban J connectivity index is -0.000000269. The number of nitrogens with zero attached hydrogens (tertiary/aromatic N) is 4. The summed E-state index contributed by atoms with van der Waals surface area (Å²) < 4.78 is 0. The van der Waals surface area contributed by atoms with Crippen LogP contribution in [0, 0.1) is 45.3 Å². The summed E-state index contributed by atoms with van der Waals surface area (Å²) in [5, 5.41) is 33.5. The Labute approximate surface area is 298 Å². The maximum absolute atomic E-state index is 8.39. The molecule has 0 aliphatic carbocycles. The summed E-state index contributed by atoms with van der Waals surface area (Å²) in [6.07, 6.45) is 27.8. The normalized spacial score (nSPS) is 12.8. The average molecular weight is 653 g/mol. The molecule has 0 N–H and O–H groups in total. The van der Waals surface area contributed by atoms with E-state index in [9.17, 15) is 0 Å². The van der Waals surface area contributed by atoms with Crippen LogP contribution in [0.5, 0.6) is 0 Å². The monoisotopic (exact) mass is 653 g/mol. The SMILES string of the molecule is CC/C(C)=C/C/C=C(/C)CC#N.CC/C(C)=C/C/C=C(\C)CC#N.CC/C(C)=C\C/C=C(/C)CC#N.CC/C(C)=C\C/C=C(\C)CC#N. The third kappa shape index (κ3) is 44.0. The Morgan fingerprint density at radius 2 is 0.458 bits per heavy atom. The van der Waals surface area contributed by atoms with Gasteiger partial charge in [0.1, 0.15) is 0 Å². The number of hydrogen-bond donors (Lipinski definition) is 0. The van der Waals surface area contributed by atoms with E-state index in [1.54, 1.807) is 0 Å². The van der Waals surface area contributed by atoms with E-state index in [-0.39, 0.29) is 0 Å². The van der Waals surface area contributed by atoms with Gasteiger partial charge in [-0.15, -0.1) is 0 Å². The molecule has 0 spiro atoms. The topological polar surface area (TPSA) is 95.2 Å². The van der Waals surface area contributed by atoms with Gasteiger partial charge in [0.25, 0.3) is 0 Å². The van der Waals surface area contributed by atoms with E-state index in [0.717, 1.165) is 73.7 Å². The van der Waals surface area contributed by atoms with Crippen LogP contribution in [0.25, 0.3) is 0 Å². The summed E-state index contributed by atoms with van der Waals surface area (Å²) >= 11 is 0. The van der Waals surface area contributed by atoms with Gasteiger partial charge in [0, 0.05) is 0 Å². The summed E-state index contributed by atoms with van der Waals surface area (Å²) in [6, 6.07) is 8.52. The first-order valence-electron chi connectivity index (χ1n) is 17.5. The fourth-order valence-corrected chi connectivity index (χ4v) is 3.21. The lowest BCUT2D eigenvalue weighted by atomic mass is 10.1. The molecule has 0 rings (SSSR count). The molecule has 48 heavy (non-hydrogen) atoms. The first-order chi connectivity index (χ1) is 22.8. The van der Waals surface area contributed by atoms with E-state index in [4.69, 9.17) is 21.0 Å². The lowest BCUT2D eigenvalue weighted by Gasteiger charge is -1.93. The molecule has 264 valence electrons. The highest BCUT2D eigenvalue weighted by Crippen LogP contribution is 2.07. The van der Waals surface area contributed by atoms with Gasteiger partial charge in [-0.05, 0) is 107 Å². The second kappa shape index (κ2) is 39.1. The zero-order valence-corrected chi connectivity index (χ0v) is 32.9. The lowest BCUT2D eigenvalue weighted by Crippen LogP contribution is -1.74. The molecule has 0 aromatic carbocycles. The van der Waals surface area contributed by atoms with E-state index in [1.807, 2.05) is 27.7 Å². The second-order valence-electron chi connectivity index (χ2n) is 12.1. The molecule has 0 aromatic heterocycles. The molecule has 0 unspecified atom stereocenters. The highest BCUT2D eigenvalue weighted by atomic mass is 14.2. The molecule has 0 amide bonds. The first kappa shape index (κ1) is 50.7. The van der Waals surface area contributed by atoms with E-state index < -0.39 is 0 Å². The molecule has 0 atom stereocenters. The van der Waals surface area contributed by atoms with Crippen molar-refractivity contribution >= 4 is 0 Å². The molecule has 0 bridgehead atoms. The van der Waals surface area contributed by atoms with Crippen LogP contribution in [-0.4, -0.2) is 0 Å². The van der Waals surface area contributed by atoms with Crippen LogP contribution in [0.4, 0.5) is 0 Å². The predicted molar refractivity (Wildman–Crippen MR) is 211 cm³/mol. The van der Waals surface area contributed by atoms with Gasteiger partial charge < -0.3 is 0 Å². The third-order valence-electron chi connectivity index (χ3n) is 7.39. The minimum Gasteiger partial charge on any atom is -0.198 e. The standard InChI is InChI=1S/4C11H17N/c4*1-4-10(2)6-5-7-11(3)8-9-12/h4*6-7H,4-5,8H2,1-3H3/b10-6+,11-7+;10-6+,11-7-;10-6-,11-7+;10-6-,11-7-. The van der Waals surface area contributed by atoms with Crippen molar-refractivity contribution in [3.8, 4) is 24.3 Å². The Kier molecular flexibility index (Phi) is 41.3. The van der Waals surface area contributed by atoms with Crippen molar-refractivity contribution in [1.29, 1.82) is 21.0 Å². The molecule has 0 aliphatic heterocycles. The van der Waals surface area contributed by atoms with Crippen molar-refractivity contribution in [2.45, 2.75) is 160 Å². The molecule has 0 aliphatic rings. The minimum absolute atomic E-state index is 0.555. The number of nitriles is 4. The molecule has 0 aromatic rings. The summed E-state index contributed by atoms with van der Waals surface area (Å²) in [7, 11) is 0. The van der Waals surface area contributed by atoms with Crippen LogP contribution >= 0.6 is 0 Å². The summed E-state index contributed by atoms with van der Waals surface area (Å²) in [6.45, 7) is 25.1. The van der Waals surface area contributed by atoms with Crippen molar-refractivity contribution in [2.75, 3.05) is 0 Å². The van der Waals surface area contributed by atoms with Crippen LogP contribution < -0.4 is 0 Å². The Hall–Kier alpha value is -4.12. The number of rotatable bonds is 16. The lowest BCUT2D eigenvalue weighted by molar-refractivity contribution is 1.07. The molecule has 0 saturated carbocycles. The molecule has 0 fully saturated rings. The average Bonchev–Trinajstić information content (AvgIpc) is 3.05. The van der Waals surface area contributed by atoms with Crippen molar-refractivity contribution in [3.05, 3.63) is 93.2 Å². The third-order valence-corrected chi connectivity index (χ3v) is 7.39. The molecule has 0 heterocycles. The van der Waals surface area contributed by atoms with Crippen LogP contribution in [-0.2, 0) is 0 Å². The summed E-state index contributed by atoms with van der Waals surface area (Å²) in [4.78, 5) is 0. The minimum atomic E-state index is 0.555. The van der Waals surface area contributed by atoms with Crippen molar-refractivity contribution in [3.63, 3.8) is 0 Å². The van der Waals surface area contributed by atoms with E-state index >= 15 is 0 Å². The second-order valence-corrected chi connectivity index (χ2v) is 12.1. The van der Waals surface area contributed by atoms with Crippen LogP contribution in [0.2, 0.25) is 0 Å². The van der Waals surface area contributed by atoms with Crippen molar-refractivity contribution in [2.24, 2.45) is 0 Å². The highest BCUT2D eigenvalue weighted by molar-refractivity contribution is 5.11. The first-order valence-corrected chi connectivity index (χ1v) is 17.5. The van der Waals surface area contributed by atoms with Gasteiger partial charge in [0.2, 0.25) is 0 Å². The summed E-state index contributed by atoms with van der Waals surface area (Å²) in [5.41, 5.74) is 10.3. The quantitative estimate of drug-likeness (QED) is 0.155. The maximum Gasteiger partial charge on any atom is 0.0666 e. The number of allylic oxidation sites excluding steroid dienone is 16. The van der Waals surface area contributed by atoms with Crippen molar-refractivity contribution in [1.82, 2.24) is 0 Å². The van der Waals surface area contributed by atoms with Gasteiger partial charge in [-0.25, -0.2) is 0 Å². The van der Waals surface area contributed by atoms with E-state index in [1.165, 1.54) is 22.3 Å². The Morgan fingerprint density at radius 3 is 0.583 bits per heavy atom. The van der Waals surface area contributed by atoms with Gasteiger partial charge in [-0.3, -0.25) is 0 Å². The molecule has 4 nitrogen and oxygen atoms in total. The van der Waals surface area contributed by atoms with Crippen LogP contribution in [0.1, 0.15) is 160 Å². The smallest absolute Gasteiger partial charge is 0.0666 e. The van der Waals surface area contributed by atoms with Crippen LogP contribution in [0.3, 0.4) is 0 Å². The van der Waals surface area contributed by atoms with E-state index in [2.05, 4.69) is 128 Å². The van der Waals surface area contributed by atoms with Gasteiger partial charge in [0.05, 0.1) is 50.0 Å². The number of hydrogen-bond acceptors (Lipinski definition) is 4. The molecular formula is C44H68N4. The Morgan fingerprint density at radius 1 is 0.312 bits per heavy atom. The predicted octanol–water partition coefficient (Wildman–Crippen LogP) is 14.4. The molecule has 0 saturated heterocycles. The maximum atomic E-state index is 8.39. The van der Waals surface area contributed by atoms with Crippen LogP contribution in [0.15, 0.2) is 93.2 Å². The summed E-state index contributed by atoms with van der Waals surface area (Å²) in [5.74, 6) is 0. The zero-order chi connectivity index (χ0) is 37.6.